The third-order valence-corrected chi connectivity index (χ3v) is 4.54. The van der Waals surface area contributed by atoms with E-state index in [0.717, 1.165) is 11.3 Å². The van der Waals surface area contributed by atoms with E-state index in [1.54, 1.807) is 0 Å². The Balaban J connectivity index is 2.09. The molecule has 0 spiro atoms. The molecule has 1 aliphatic carbocycles. The summed E-state index contributed by atoms with van der Waals surface area (Å²) < 4.78 is 5.42. The number of aryl methyl sites for hydroxylation is 2. The first-order valence-electron chi connectivity index (χ1n) is 6.04. The molecule has 0 unspecified atom stereocenters. The van der Waals surface area contributed by atoms with E-state index < -0.39 is 0 Å². The van der Waals surface area contributed by atoms with Gasteiger partial charge in [0.25, 0.3) is 0 Å². The first-order valence-corrected chi connectivity index (χ1v) is 6.85. The number of rotatable bonds is 2. The van der Waals surface area contributed by atoms with Crippen LogP contribution in [0.1, 0.15) is 42.2 Å². The van der Waals surface area contributed by atoms with Gasteiger partial charge in [0.05, 0.1) is 4.88 Å². The molecule has 0 fully saturated rings. The van der Waals surface area contributed by atoms with Gasteiger partial charge in [-0.15, -0.1) is 11.3 Å². The Morgan fingerprint density at radius 2 is 2.24 bits per heavy atom. The quantitative estimate of drug-likeness (QED) is 0.883. The van der Waals surface area contributed by atoms with Gasteiger partial charge in [-0.1, -0.05) is 19.0 Å². The van der Waals surface area contributed by atoms with Crippen LogP contribution in [0, 0.1) is 0 Å². The Morgan fingerprint density at radius 1 is 1.41 bits per heavy atom. The zero-order valence-corrected chi connectivity index (χ0v) is 10.9. The number of hydrogen-bond donors (Lipinski definition) is 1. The number of thiophene rings is 1. The zero-order chi connectivity index (χ0) is 12.0. The van der Waals surface area contributed by atoms with Crippen molar-refractivity contribution >= 4 is 17.2 Å². The minimum Gasteiger partial charge on any atom is -0.381 e. The van der Waals surface area contributed by atoms with Crippen LogP contribution in [0.15, 0.2) is 10.6 Å². The highest BCUT2D eigenvalue weighted by Gasteiger charge is 2.23. The Hall–Kier alpha value is -1.29. The zero-order valence-electron chi connectivity index (χ0n) is 10.1. The third-order valence-electron chi connectivity index (χ3n) is 3.30. The monoisotopic (exact) mass is 248 g/mol. The van der Waals surface area contributed by atoms with Gasteiger partial charge in [0.15, 0.2) is 11.6 Å². The Labute approximate surface area is 105 Å². The van der Waals surface area contributed by atoms with Gasteiger partial charge < -0.3 is 10.3 Å². The molecule has 4 heteroatoms. The van der Waals surface area contributed by atoms with Gasteiger partial charge in [-0.25, -0.2) is 0 Å². The van der Waals surface area contributed by atoms with Crippen LogP contribution < -0.4 is 5.73 Å². The molecule has 0 aromatic carbocycles. The van der Waals surface area contributed by atoms with E-state index in [2.05, 4.69) is 25.1 Å². The lowest BCUT2D eigenvalue weighted by atomic mass is 10.0. The lowest BCUT2D eigenvalue weighted by Gasteiger charge is -2.03. The van der Waals surface area contributed by atoms with Crippen LogP contribution >= 0.6 is 11.3 Å². The van der Waals surface area contributed by atoms with Gasteiger partial charge in [-0.2, -0.15) is 0 Å². The number of nitrogens with two attached hydrogens (primary N) is 1. The maximum atomic E-state index is 5.87. The summed E-state index contributed by atoms with van der Waals surface area (Å²) >= 11 is 1.83. The van der Waals surface area contributed by atoms with Crippen LogP contribution in [0.5, 0.6) is 0 Å². The number of nitrogen functional groups attached to an aromatic ring is 1. The van der Waals surface area contributed by atoms with Crippen LogP contribution in [0.25, 0.3) is 10.6 Å². The van der Waals surface area contributed by atoms with E-state index in [4.69, 9.17) is 10.3 Å². The lowest BCUT2D eigenvalue weighted by molar-refractivity contribution is 0.435. The van der Waals surface area contributed by atoms with Crippen molar-refractivity contribution in [1.82, 2.24) is 5.16 Å². The van der Waals surface area contributed by atoms with Crippen LogP contribution in [-0.2, 0) is 12.8 Å². The standard InChI is InChI=1S/C13H16N2OS/c1-7(2)11-12(16-15-13(11)14)10-6-8-4-3-5-9(8)17-10/h6-7H,3-5H2,1-2H3,(H2,14,15). The number of anilines is 1. The van der Waals surface area contributed by atoms with Gasteiger partial charge in [-0.05, 0) is 36.8 Å². The van der Waals surface area contributed by atoms with E-state index in [0.29, 0.717) is 11.7 Å². The summed E-state index contributed by atoms with van der Waals surface area (Å²) in [6, 6.07) is 2.25. The molecular weight excluding hydrogens is 232 g/mol. The first kappa shape index (κ1) is 10.8. The molecule has 0 saturated carbocycles. The Bertz CT molecular complexity index is 532. The van der Waals surface area contributed by atoms with E-state index in [1.807, 2.05) is 11.3 Å². The van der Waals surface area contributed by atoms with Crippen molar-refractivity contribution in [3.8, 4) is 10.6 Å². The number of nitrogens with zero attached hydrogens (tertiary/aromatic N) is 1. The van der Waals surface area contributed by atoms with E-state index in [-0.39, 0.29) is 0 Å². The topological polar surface area (TPSA) is 52.0 Å². The fourth-order valence-corrected chi connectivity index (χ4v) is 3.73. The fraction of sp³-hybridized carbons (Fsp3) is 0.462. The molecule has 90 valence electrons. The Kier molecular flexibility index (Phi) is 2.47. The van der Waals surface area contributed by atoms with Crippen LogP contribution in [-0.4, -0.2) is 5.16 Å². The molecule has 2 aromatic heterocycles. The molecule has 2 aromatic rings. The second-order valence-electron chi connectivity index (χ2n) is 4.88. The highest BCUT2D eigenvalue weighted by Crippen LogP contribution is 2.41. The maximum Gasteiger partial charge on any atom is 0.182 e. The van der Waals surface area contributed by atoms with Gasteiger partial charge >= 0.3 is 0 Å². The molecular formula is C13H16N2OS. The Morgan fingerprint density at radius 3 is 2.94 bits per heavy atom. The van der Waals surface area contributed by atoms with E-state index in [1.165, 1.54) is 34.6 Å². The number of aromatic nitrogens is 1. The minimum atomic E-state index is 0.341. The largest absolute Gasteiger partial charge is 0.381 e. The van der Waals surface area contributed by atoms with Gasteiger partial charge in [0.2, 0.25) is 0 Å². The van der Waals surface area contributed by atoms with Crippen LogP contribution in [0.3, 0.4) is 0 Å². The average Bonchev–Trinajstić information content (AvgIpc) is 2.88. The predicted molar refractivity (Wildman–Crippen MR) is 70.3 cm³/mol. The molecule has 1 aliphatic rings. The molecule has 0 bridgehead atoms. The second kappa shape index (κ2) is 3.88. The minimum absolute atomic E-state index is 0.341. The SMILES string of the molecule is CC(C)c1c(N)noc1-c1cc2c(s1)CCC2. The maximum absolute atomic E-state index is 5.87. The number of fused-ring (bicyclic) bond motifs is 1. The summed E-state index contributed by atoms with van der Waals surface area (Å²) in [6.45, 7) is 4.24. The molecule has 3 rings (SSSR count). The molecule has 0 aliphatic heterocycles. The van der Waals surface area contributed by atoms with E-state index in [9.17, 15) is 0 Å². The van der Waals surface area contributed by atoms with Gasteiger partial charge in [0, 0.05) is 10.4 Å². The van der Waals surface area contributed by atoms with Gasteiger partial charge in [0.1, 0.15) is 0 Å². The summed E-state index contributed by atoms with van der Waals surface area (Å²) in [4.78, 5) is 2.69. The van der Waals surface area contributed by atoms with Crippen molar-refractivity contribution in [3.05, 3.63) is 22.1 Å². The van der Waals surface area contributed by atoms with Gasteiger partial charge in [-0.3, -0.25) is 0 Å². The summed E-state index contributed by atoms with van der Waals surface area (Å²) in [6.07, 6.45) is 3.70. The van der Waals surface area contributed by atoms with Crippen molar-refractivity contribution in [3.63, 3.8) is 0 Å². The first-order chi connectivity index (χ1) is 8.16. The summed E-state index contributed by atoms with van der Waals surface area (Å²) in [7, 11) is 0. The average molecular weight is 248 g/mol. The van der Waals surface area contributed by atoms with Crippen molar-refractivity contribution in [1.29, 1.82) is 0 Å². The molecule has 0 atom stereocenters. The molecule has 0 amide bonds. The van der Waals surface area contributed by atoms with Crippen molar-refractivity contribution in [2.45, 2.75) is 39.0 Å². The van der Waals surface area contributed by atoms with E-state index >= 15 is 0 Å². The van der Waals surface area contributed by atoms with Crippen LogP contribution in [0.2, 0.25) is 0 Å². The summed E-state index contributed by atoms with van der Waals surface area (Å²) in [5.74, 6) is 1.74. The molecule has 0 radical (unpaired) electrons. The van der Waals surface area contributed by atoms with Crippen molar-refractivity contribution in [2.24, 2.45) is 0 Å². The second-order valence-corrected chi connectivity index (χ2v) is 6.01. The molecule has 0 saturated heterocycles. The lowest BCUT2D eigenvalue weighted by Crippen LogP contribution is -1.94. The highest BCUT2D eigenvalue weighted by molar-refractivity contribution is 7.15. The normalized spacial score (nSPS) is 14.5. The van der Waals surface area contributed by atoms with Crippen LogP contribution in [0.4, 0.5) is 5.82 Å². The molecule has 17 heavy (non-hydrogen) atoms. The molecule has 3 nitrogen and oxygen atoms in total. The molecule has 2 N–H and O–H groups in total. The fourth-order valence-electron chi connectivity index (χ4n) is 2.49. The smallest absolute Gasteiger partial charge is 0.182 e. The summed E-state index contributed by atoms with van der Waals surface area (Å²) in [5.41, 5.74) is 8.40. The van der Waals surface area contributed by atoms with Crippen molar-refractivity contribution < 1.29 is 4.52 Å². The number of hydrogen-bond acceptors (Lipinski definition) is 4. The summed E-state index contributed by atoms with van der Waals surface area (Å²) in [5, 5.41) is 3.91. The van der Waals surface area contributed by atoms with Crippen molar-refractivity contribution in [2.75, 3.05) is 5.73 Å². The third kappa shape index (κ3) is 1.67. The highest BCUT2D eigenvalue weighted by atomic mass is 32.1. The molecule has 2 heterocycles. The predicted octanol–water partition coefficient (Wildman–Crippen LogP) is 3.60.